The van der Waals surface area contributed by atoms with Crippen LogP contribution in [0, 0.1) is 12.7 Å². The van der Waals surface area contributed by atoms with Gasteiger partial charge in [0, 0.05) is 18.2 Å². The minimum Gasteiger partial charge on any atom is -0.347 e. The number of aromatic nitrogens is 6. The molecule has 0 radical (unpaired) electrons. The Morgan fingerprint density at radius 1 is 1.08 bits per heavy atom. The van der Waals surface area contributed by atoms with Crippen LogP contribution >= 0.6 is 0 Å². The Labute approximate surface area is 211 Å². The molecule has 10 nitrogen and oxygen atoms in total. The number of carbonyl (C=O) groups excluding carboxylic acids is 2. The van der Waals surface area contributed by atoms with Crippen LogP contribution in [-0.4, -0.2) is 42.4 Å². The van der Waals surface area contributed by atoms with Crippen molar-refractivity contribution in [2.24, 2.45) is 0 Å². The van der Waals surface area contributed by atoms with E-state index in [-0.39, 0.29) is 41.1 Å². The molecule has 3 N–H and O–H groups in total. The van der Waals surface area contributed by atoms with Crippen LogP contribution in [0.15, 0.2) is 48.8 Å². The number of aryl methyl sites for hydroxylation is 1. The largest absolute Gasteiger partial charge is 0.347 e. The average molecular weight is 499 g/mol. The number of carbonyl (C=O) groups is 2. The number of benzene rings is 2. The third-order valence-corrected chi connectivity index (χ3v) is 7.17. The van der Waals surface area contributed by atoms with Gasteiger partial charge in [0.15, 0.2) is 0 Å². The molecule has 2 amide bonds. The van der Waals surface area contributed by atoms with Gasteiger partial charge in [0.25, 0.3) is 11.8 Å². The first-order valence-corrected chi connectivity index (χ1v) is 12.0. The van der Waals surface area contributed by atoms with Crippen molar-refractivity contribution in [1.82, 2.24) is 41.2 Å². The fourth-order valence-corrected chi connectivity index (χ4v) is 5.03. The normalized spacial score (nSPS) is 16.9. The molecular weight excluding hydrogens is 475 g/mol. The number of fused-ring (bicyclic) bond motifs is 2. The van der Waals surface area contributed by atoms with E-state index in [1.165, 1.54) is 24.0 Å². The third-order valence-electron chi connectivity index (χ3n) is 7.17. The number of halogens is 1. The minimum atomic E-state index is -0.449. The summed E-state index contributed by atoms with van der Waals surface area (Å²) in [6, 6.07) is 11.9. The zero-order valence-corrected chi connectivity index (χ0v) is 20.0. The van der Waals surface area contributed by atoms with E-state index in [1.54, 1.807) is 19.1 Å². The lowest BCUT2D eigenvalue weighted by Gasteiger charge is -2.14. The van der Waals surface area contributed by atoms with E-state index in [2.05, 4.69) is 47.3 Å². The van der Waals surface area contributed by atoms with Crippen LogP contribution in [0.4, 0.5) is 4.39 Å². The van der Waals surface area contributed by atoms with Crippen molar-refractivity contribution in [3.8, 4) is 11.4 Å². The summed E-state index contributed by atoms with van der Waals surface area (Å²) in [7, 11) is 0. The maximum Gasteiger partial charge on any atom is 0.270 e. The smallest absolute Gasteiger partial charge is 0.270 e. The van der Waals surface area contributed by atoms with E-state index < -0.39 is 5.91 Å². The van der Waals surface area contributed by atoms with E-state index in [9.17, 15) is 14.0 Å². The van der Waals surface area contributed by atoms with Gasteiger partial charge >= 0.3 is 0 Å². The second-order valence-corrected chi connectivity index (χ2v) is 9.60. The molecule has 0 aliphatic heterocycles. The second-order valence-electron chi connectivity index (χ2n) is 9.60. The number of hydrogen-bond acceptors (Lipinski definition) is 7. The van der Waals surface area contributed by atoms with Crippen LogP contribution in [0.5, 0.6) is 0 Å². The van der Waals surface area contributed by atoms with Gasteiger partial charge in [0.2, 0.25) is 5.82 Å². The Morgan fingerprint density at radius 2 is 1.89 bits per heavy atom. The predicted molar refractivity (Wildman–Crippen MR) is 130 cm³/mol. The highest BCUT2D eigenvalue weighted by Gasteiger charge is 2.52. The van der Waals surface area contributed by atoms with E-state index in [1.807, 2.05) is 12.1 Å². The van der Waals surface area contributed by atoms with E-state index >= 15 is 0 Å². The molecule has 2 aliphatic rings. The van der Waals surface area contributed by atoms with Crippen LogP contribution in [0.25, 0.3) is 11.4 Å². The van der Waals surface area contributed by atoms with E-state index in [0.29, 0.717) is 11.4 Å². The monoisotopic (exact) mass is 498 g/mol. The summed E-state index contributed by atoms with van der Waals surface area (Å²) in [6.45, 7) is 1.87. The molecular formula is C26H23FN8O2. The molecule has 2 aliphatic carbocycles. The number of amides is 2. The van der Waals surface area contributed by atoms with Gasteiger partial charge in [-0.1, -0.05) is 24.3 Å². The summed E-state index contributed by atoms with van der Waals surface area (Å²) in [5.41, 5.74) is 4.67. The molecule has 0 saturated heterocycles. The van der Waals surface area contributed by atoms with E-state index in [0.717, 1.165) is 36.0 Å². The predicted octanol–water partition coefficient (Wildman–Crippen LogP) is 2.94. The lowest BCUT2D eigenvalue weighted by molar-refractivity contribution is 0.0930. The van der Waals surface area contributed by atoms with Crippen molar-refractivity contribution in [3.63, 3.8) is 0 Å². The lowest BCUT2D eigenvalue weighted by Crippen LogP contribution is -2.29. The quantitative estimate of drug-likeness (QED) is 0.371. The van der Waals surface area contributed by atoms with Gasteiger partial charge < -0.3 is 10.6 Å². The van der Waals surface area contributed by atoms with Crippen LogP contribution in [0.3, 0.4) is 0 Å². The Hall–Kier alpha value is -4.54. The SMILES string of the molecule is Cc1cc(CNC(=O)c2cc(C(=O)N[C@@H]3CC4(CC4)c4cc(-c5nn[nH]n5)ccc43)ncn2)ccc1F. The highest BCUT2D eigenvalue weighted by Crippen LogP contribution is 2.60. The number of aromatic amines is 1. The van der Waals surface area contributed by atoms with Crippen LogP contribution in [0.1, 0.15) is 68.5 Å². The lowest BCUT2D eigenvalue weighted by atomic mass is 9.96. The van der Waals surface area contributed by atoms with Gasteiger partial charge in [-0.25, -0.2) is 14.4 Å². The molecule has 0 unspecified atom stereocenters. The van der Waals surface area contributed by atoms with Crippen molar-refractivity contribution in [3.05, 3.63) is 88.3 Å². The first-order valence-electron chi connectivity index (χ1n) is 12.0. The molecule has 186 valence electrons. The van der Waals surface area contributed by atoms with Gasteiger partial charge in [-0.3, -0.25) is 9.59 Å². The maximum absolute atomic E-state index is 13.5. The highest BCUT2D eigenvalue weighted by atomic mass is 19.1. The third kappa shape index (κ3) is 4.32. The molecule has 1 atom stereocenters. The van der Waals surface area contributed by atoms with Gasteiger partial charge in [-0.2, -0.15) is 5.21 Å². The Morgan fingerprint density at radius 3 is 2.62 bits per heavy atom. The first-order chi connectivity index (χ1) is 17.9. The summed E-state index contributed by atoms with van der Waals surface area (Å²) in [5, 5.41) is 20.1. The molecule has 1 spiro atoms. The van der Waals surface area contributed by atoms with Crippen molar-refractivity contribution in [2.75, 3.05) is 0 Å². The number of rotatable bonds is 6. The summed E-state index contributed by atoms with van der Waals surface area (Å²) in [6.07, 6.45) is 4.13. The van der Waals surface area contributed by atoms with Crippen LogP contribution in [-0.2, 0) is 12.0 Å². The van der Waals surface area contributed by atoms with Crippen LogP contribution in [0.2, 0.25) is 0 Å². The molecule has 1 fully saturated rings. The van der Waals surface area contributed by atoms with Gasteiger partial charge in [-0.05, 0) is 71.2 Å². The Balaban J connectivity index is 1.15. The molecule has 1 saturated carbocycles. The minimum absolute atomic E-state index is 0.0580. The second kappa shape index (κ2) is 8.84. The zero-order chi connectivity index (χ0) is 25.6. The van der Waals surface area contributed by atoms with Crippen molar-refractivity contribution < 1.29 is 14.0 Å². The maximum atomic E-state index is 13.5. The summed E-state index contributed by atoms with van der Waals surface area (Å²) >= 11 is 0. The summed E-state index contributed by atoms with van der Waals surface area (Å²) in [5.74, 6) is -0.587. The Bertz CT molecular complexity index is 1520. The molecule has 4 aromatic rings. The number of tetrazole rings is 1. The van der Waals surface area contributed by atoms with Crippen molar-refractivity contribution >= 4 is 11.8 Å². The molecule has 0 bridgehead atoms. The molecule has 2 aromatic heterocycles. The Kier molecular flexibility index (Phi) is 5.47. The fraction of sp³-hybridized carbons (Fsp3) is 0.269. The topological polar surface area (TPSA) is 138 Å². The number of hydrogen-bond donors (Lipinski definition) is 3. The molecule has 11 heteroatoms. The van der Waals surface area contributed by atoms with Crippen LogP contribution < -0.4 is 10.6 Å². The van der Waals surface area contributed by atoms with E-state index in [4.69, 9.17) is 0 Å². The first kappa shape index (κ1) is 22.9. The molecule has 37 heavy (non-hydrogen) atoms. The van der Waals surface area contributed by atoms with Crippen molar-refractivity contribution in [1.29, 1.82) is 0 Å². The highest BCUT2D eigenvalue weighted by molar-refractivity contribution is 5.97. The van der Waals surface area contributed by atoms with Gasteiger partial charge in [0.1, 0.15) is 23.5 Å². The van der Waals surface area contributed by atoms with Crippen molar-refractivity contribution in [2.45, 2.75) is 44.2 Å². The van der Waals surface area contributed by atoms with Gasteiger partial charge in [0.05, 0.1) is 6.04 Å². The number of nitrogens with zero attached hydrogens (tertiary/aromatic N) is 5. The number of nitrogens with one attached hydrogen (secondary N) is 3. The molecule has 2 aromatic carbocycles. The molecule has 6 rings (SSSR count). The standard InChI is InChI=1S/C26H23FN8O2/c1-14-8-15(2-5-19(14)27)12-28-24(36)20-10-21(30-13-29-20)25(37)31-22-11-26(6-7-26)18-9-16(3-4-17(18)22)23-32-34-35-33-23/h2-5,8-10,13,22H,6-7,11-12H2,1H3,(H,28,36)(H,31,37)(H,32,33,34,35)/t22-/m1/s1. The fourth-order valence-electron chi connectivity index (χ4n) is 5.03. The molecule has 2 heterocycles. The number of H-pyrrole nitrogens is 1. The summed E-state index contributed by atoms with van der Waals surface area (Å²) < 4.78 is 13.5. The average Bonchev–Trinajstić information content (AvgIpc) is 3.35. The summed E-state index contributed by atoms with van der Waals surface area (Å²) in [4.78, 5) is 33.9. The zero-order valence-electron chi connectivity index (χ0n) is 20.0. The van der Waals surface area contributed by atoms with Gasteiger partial charge in [-0.15, -0.1) is 10.2 Å².